The molecular formula is C26H31NO8. The lowest BCUT2D eigenvalue weighted by molar-refractivity contribution is -0.150. The molecule has 0 radical (unpaired) electrons. The minimum absolute atomic E-state index is 0.00570. The number of carbonyl (C=O) groups is 4. The standard InChI is InChI=1S/C26H31NO8/c1-5-32-23(28)18-15-27-14-13-16-11-9-10-12-17(16)22(27)21(26(31)35-8-4)20(25(30)34-7-3)19(18)24(29)33-6-2/h9-12,18H,5-8,13-15H2,1-4H3/t18-/m1/s1. The average Bonchev–Trinajstić information content (AvgIpc) is 3.00. The second-order valence-electron chi connectivity index (χ2n) is 7.83. The van der Waals surface area contributed by atoms with Gasteiger partial charge in [-0.1, -0.05) is 24.3 Å². The van der Waals surface area contributed by atoms with Crippen LogP contribution in [0.4, 0.5) is 0 Å². The Kier molecular flexibility index (Phi) is 8.68. The lowest BCUT2D eigenvalue weighted by atomic mass is 9.89. The Bertz CT molecular complexity index is 1070. The highest BCUT2D eigenvalue weighted by Gasteiger charge is 2.45. The number of rotatable bonds is 8. The van der Waals surface area contributed by atoms with Gasteiger partial charge in [-0.2, -0.15) is 0 Å². The molecule has 1 atom stereocenters. The van der Waals surface area contributed by atoms with Gasteiger partial charge in [-0.3, -0.25) is 4.79 Å². The molecule has 3 rings (SSSR count). The molecule has 0 fully saturated rings. The zero-order valence-corrected chi connectivity index (χ0v) is 20.5. The summed E-state index contributed by atoms with van der Waals surface area (Å²) in [5.74, 6) is -4.46. The van der Waals surface area contributed by atoms with Gasteiger partial charge in [-0.05, 0) is 39.7 Å². The Morgan fingerprint density at radius 2 is 1.37 bits per heavy atom. The molecule has 0 saturated carbocycles. The van der Waals surface area contributed by atoms with E-state index in [-0.39, 0.29) is 49.7 Å². The van der Waals surface area contributed by atoms with Crippen LogP contribution in [0.3, 0.4) is 0 Å². The van der Waals surface area contributed by atoms with E-state index >= 15 is 0 Å². The summed E-state index contributed by atoms with van der Waals surface area (Å²) in [6, 6.07) is 7.50. The van der Waals surface area contributed by atoms with Crippen LogP contribution in [0.15, 0.2) is 41.0 Å². The molecule has 35 heavy (non-hydrogen) atoms. The van der Waals surface area contributed by atoms with Gasteiger partial charge in [0.05, 0.1) is 48.8 Å². The first-order valence-corrected chi connectivity index (χ1v) is 11.9. The summed E-state index contributed by atoms with van der Waals surface area (Å²) in [4.78, 5) is 55.1. The monoisotopic (exact) mass is 485 g/mol. The largest absolute Gasteiger partial charge is 0.465 e. The van der Waals surface area contributed by atoms with E-state index < -0.39 is 29.8 Å². The van der Waals surface area contributed by atoms with Crippen molar-refractivity contribution < 1.29 is 38.1 Å². The van der Waals surface area contributed by atoms with Crippen LogP contribution >= 0.6 is 0 Å². The first kappa shape index (κ1) is 26.0. The van der Waals surface area contributed by atoms with Crippen LogP contribution in [0.2, 0.25) is 0 Å². The Balaban J connectivity index is 2.44. The number of ether oxygens (including phenoxy) is 4. The Labute approximate surface area is 204 Å². The number of fused-ring (bicyclic) bond motifs is 3. The number of benzene rings is 1. The quantitative estimate of drug-likeness (QED) is 0.405. The van der Waals surface area contributed by atoms with E-state index in [2.05, 4.69) is 0 Å². The van der Waals surface area contributed by atoms with Gasteiger partial charge < -0.3 is 23.8 Å². The first-order valence-electron chi connectivity index (χ1n) is 11.9. The van der Waals surface area contributed by atoms with E-state index in [1.807, 2.05) is 29.2 Å². The number of esters is 4. The highest BCUT2D eigenvalue weighted by atomic mass is 16.5. The van der Waals surface area contributed by atoms with Crippen LogP contribution < -0.4 is 0 Å². The van der Waals surface area contributed by atoms with Gasteiger partial charge in [-0.25, -0.2) is 14.4 Å². The number of hydrogen-bond acceptors (Lipinski definition) is 9. The van der Waals surface area contributed by atoms with Gasteiger partial charge in [0.25, 0.3) is 0 Å². The SMILES string of the molecule is CCOC(=O)C1=C(C(=O)OCC)[C@H](C(=O)OCC)CN2CCc3ccccc3C2=C1C(=O)OCC. The minimum Gasteiger partial charge on any atom is -0.465 e. The van der Waals surface area contributed by atoms with E-state index in [1.54, 1.807) is 27.7 Å². The van der Waals surface area contributed by atoms with E-state index in [1.165, 1.54) is 0 Å². The van der Waals surface area contributed by atoms with Gasteiger partial charge in [0, 0.05) is 18.7 Å². The van der Waals surface area contributed by atoms with Gasteiger partial charge in [0.1, 0.15) is 5.92 Å². The molecule has 2 aliphatic rings. The molecule has 1 aromatic rings. The smallest absolute Gasteiger partial charge is 0.341 e. The van der Waals surface area contributed by atoms with Crippen LogP contribution in [0.5, 0.6) is 0 Å². The predicted molar refractivity (Wildman–Crippen MR) is 126 cm³/mol. The fourth-order valence-electron chi connectivity index (χ4n) is 4.43. The van der Waals surface area contributed by atoms with Crippen molar-refractivity contribution in [1.29, 1.82) is 0 Å². The maximum Gasteiger partial charge on any atom is 0.341 e. The third-order valence-corrected chi connectivity index (χ3v) is 5.77. The highest BCUT2D eigenvalue weighted by molar-refractivity contribution is 6.17. The number of nitrogens with zero attached hydrogens (tertiary/aromatic N) is 1. The Morgan fingerprint density at radius 1 is 0.800 bits per heavy atom. The fraction of sp³-hybridized carbons (Fsp3) is 0.462. The van der Waals surface area contributed by atoms with Crippen LogP contribution in [-0.2, 0) is 44.5 Å². The second kappa shape index (κ2) is 11.7. The molecule has 0 N–H and O–H groups in total. The van der Waals surface area contributed by atoms with E-state index in [0.29, 0.717) is 18.7 Å². The maximum absolute atomic E-state index is 13.4. The zero-order chi connectivity index (χ0) is 25.5. The molecule has 9 nitrogen and oxygen atoms in total. The van der Waals surface area contributed by atoms with Gasteiger partial charge in [0.2, 0.25) is 0 Å². The van der Waals surface area contributed by atoms with Gasteiger partial charge >= 0.3 is 23.9 Å². The summed E-state index contributed by atoms with van der Waals surface area (Å²) in [6.45, 7) is 7.12. The average molecular weight is 486 g/mol. The molecule has 2 aliphatic heterocycles. The van der Waals surface area contributed by atoms with Gasteiger partial charge in [0.15, 0.2) is 0 Å². The molecule has 1 aromatic carbocycles. The molecule has 0 unspecified atom stereocenters. The fourth-order valence-corrected chi connectivity index (χ4v) is 4.43. The highest BCUT2D eigenvalue weighted by Crippen LogP contribution is 2.41. The van der Waals surface area contributed by atoms with Crippen molar-refractivity contribution in [3.8, 4) is 0 Å². The van der Waals surface area contributed by atoms with Crippen LogP contribution in [-0.4, -0.2) is 68.3 Å². The Hall–Kier alpha value is -3.62. The summed E-state index contributed by atoms with van der Waals surface area (Å²) >= 11 is 0. The summed E-state index contributed by atoms with van der Waals surface area (Å²) in [6.07, 6.45) is 0.648. The van der Waals surface area contributed by atoms with Gasteiger partial charge in [-0.15, -0.1) is 0 Å². The third-order valence-electron chi connectivity index (χ3n) is 5.77. The summed E-state index contributed by atoms with van der Waals surface area (Å²) in [5, 5.41) is 0. The second-order valence-corrected chi connectivity index (χ2v) is 7.83. The molecule has 0 saturated heterocycles. The van der Waals surface area contributed by atoms with Crippen molar-refractivity contribution >= 4 is 29.6 Å². The summed E-state index contributed by atoms with van der Waals surface area (Å²) in [5.41, 5.74) is 1.41. The first-order chi connectivity index (χ1) is 16.9. The molecule has 9 heteroatoms. The van der Waals surface area contributed by atoms with Crippen molar-refractivity contribution in [3.63, 3.8) is 0 Å². The molecule has 0 aliphatic carbocycles. The van der Waals surface area contributed by atoms with Crippen molar-refractivity contribution in [3.05, 3.63) is 52.1 Å². The van der Waals surface area contributed by atoms with E-state index in [9.17, 15) is 19.2 Å². The normalized spacial score (nSPS) is 17.1. The Morgan fingerprint density at radius 3 is 2.00 bits per heavy atom. The molecular weight excluding hydrogens is 454 g/mol. The van der Waals surface area contributed by atoms with Crippen LogP contribution in [0.25, 0.3) is 5.70 Å². The van der Waals surface area contributed by atoms with Crippen molar-refractivity contribution in [2.24, 2.45) is 5.92 Å². The number of hydrogen-bond donors (Lipinski definition) is 0. The summed E-state index contributed by atoms with van der Waals surface area (Å²) in [7, 11) is 0. The molecule has 0 amide bonds. The van der Waals surface area contributed by atoms with Crippen molar-refractivity contribution in [2.75, 3.05) is 39.5 Å². The molecule has 2 heterocycles. The zero-order valence-electron chi connectivity index (χ0n) is 20.5. The van der Waals surface area contributed by atoms with Crippen LogP contribution in [0, 0.1) is 5.92 Å². The van der Waals surface area contributed by atoms with Crippen molar-refractivity contribution in [1.82, 2.24) is 4.90 Å². The molecule has 0 aromatic heterocycles. The minimum atomic E-state index is -1.18. The maximum atomic E-state index is 13.4. The lowest BCUT2D eigenvalue weighted by Gasteiger charge is -2.35. The molecule has 0 bridgehead atoms. The van der Waals surface area contributed by atoms with Crippen LogP contribution in [0.1, 0.15) is 38.8 Å². The van der Waals surface area contributed by atoms with E-state index in [4.69, 9.17) is 18.9 Å². The molecule has 0 spiro atoms. The topological polar surface area (TPSA) is 108 Å². The predicted octanol–water partition coefficient (Wildman–Crippen LogP) is 2.43. The van der Waals surface area contributed by atoms with E-state index in [0.717, 1.165) is 11.1 Å². The number of carbonyl (C=O) groups excluding carboxylic acids is 4. The third kappa shape index (κ3) is 5.23. The summed E-state index contributed by atoms with van der Waals surface area (Å²) < 4.78 is 21.2. The lowest BCUT2D eigenvalue weighted by Crippen LogP contribution is -2.38. The van der Waals surface area contributed by atoms with Crippen molar-refractivity contribution in [2.45, 2.75) is 34.1 Å². The molecule has 188 valence electrons.